The van der Waals surface area contributed by atoms with E-state index in [1.54, 1.807) is 6.20 Å². The van der Waals surface area contributed by atoms with E-state index >= 15 is 0 Å². The highest BCUT2D eigenvalue weighted by Crippen LogP contribution is 2.14. The summed E-state index contributed by atoms with van der Waals surface area (Å²) in [6.45, 7) is 4.17. The molecule has 1 heterocycles. The zero-order valence-electron chi connectivity index (χ0n) is 12.6. The summed E-state index contributed by atoms with van der Waals surface area (Å²) >= 11 is 0. The molecule has 1 aromatic carbocycles. The highest BCUT2D eigenvalue weighted by atomic mass is 16.5. The van der Waals surface area contributed by atoms with Crippen molar-refractivity contribution in [1.29, 1.82) is 0 Å². The number of carbonyl (C=O) groups is 1. The molecule has 0 aliphatic carbocycles. The van der Waals surface area contributed by atoms with Gasteiger partial charge in [0.05, 0.1) is 12.5 Å². The summed E-state index contributed by atoms with van der Waals surface area (Å²) in [6, 6.07) is 12.4. The number of hydrogen-bond donors (Lipinski definition) is 0. The van der Waals surface area contributed by atoms with Crippen LogP contribution in [0.4, 0.5) is 0 Å². The summed E-state index contributed by atoms with van der Waals surface area (Å²) in [5.41, 5.74) is 3.60. The summed E-state index contributed by atoms with van der Waals surface area (Å²) in [4.78, 5) is 15.7. The summed E-state index contributed by atoms with van der Waals surface area (Å²) in [5, 5.41) is 0. The van der Waals surface area contributed by atoms with Crippen molar-refractivity contribution >= 4 is 5.97 Å². The van der Waals surface area contributed by atoms with Crippen LogP contribution >= 0.6 is 0 Å². The maximum Gasteiger partial charge on any atom is 0.308 e. The molecule has 2 aromatic rings. The number of aromatic nitrogens is 1. The lowest BCUT2D eigenvalue weighted by atomic mass is 9.98. The van der Waals surface area contributed by atoms with Crippen molar-refractivity contribution in [3.63, 3.8) is 0 Å². The molecule has 0 aliphatic rings. The van der Waals surface area contributed by atoms with E-state index in [1.165, 1.54) is 11.1 Å². The summed E-state index contributed by atoms with van der Waals surface area (Å²) in [6.07, 6.45) is 5.26. The Hall–Kier alpha value is -2.16. The van der Waals surface area contributed by atoms with Gasteiger partial charge < -0.3 is 4.74 Å². The van der Waals surface area contributed by atoms with Gasteiger partial charge in [0.15, 0.2) is 0 Å². The first kappa shape index (κ1) is 15.2. The molecule has 0 spiro atoms. The SMILES string of the molecule is CCOC(=O)C(C)Cc1ccc(Cc2cccnc2)cc1. The Balaban J connectivity index is 1.94. The largest absolute Gasteiger partial charge is 0.466 e. The first-order valence-electron chi connectivity index (χ1n) is 7.32. The van der Waals surface area contributed by atoms with Crippen molar-refractivity contribution in [2.75, 3.05) is 6.61 Å². The molecule has 1 unspecified atom stereocenters. The normalized spacial score (nSPS) is 11.9. The Kier molecular flexibility index (Phi) is 5.50. The highest BCUT2D eigenvalue weighted by molar-refractivity contribution is 5.72. The van der Waals surface area contributed by atoms with Crippen molar-refractivity contribution < 1.29 is 9.53 Å². The maximum atomic E-state index is 11.6. The molecule has 3 nitrogen and oxygen atoms in total. The van der Waals surface area contributed by atoms with Crippen LogP contribution in [0.25, 0.3) is 0 Å². The Morgan fingerprint density at radius 3 is 2.48 bits per heavy atom. The second kappa shape index (κ2) is 7.58. The van der Waals surface area contributed by atoms with Gasteiger partial charge in [0, 0.05) is 12.4 Å². The van der Waals surface area contributed by atoms with Gasteiger partial charge in [0.2, 0.25) is 0 Å². The molecule has 0 bridgehead atoms. The minimum Gasteiger partial charge on any atom is -0.466 e. The lowest BCUT2D eigenvalue weighted by Crippen LogP contribution is -2.16. The standard InChI is InChI=1S/C18H21NO2/c1-3-21-18(20)14(2)11-15-6-8-16(9-7-15)12-17-5-4-10-19-13-17/h4-10,13-14H,3,11-12H2,1-2H3. The number of pyridine rings is 1. The molecule has 0 fully saturated rings. The van der Waals surface area contributed by atoms with Crippen molar-refractivity contribution in [3.8, 4) is 0 Å². The molecule has 3 heteroatoms. The summed E-state index contributed by atoms with van der Waals surface area (Å²) in [7, 11) is 0. The first-order valence-corrected chi connectivity index (χ1v) is 7.32. The smallest absolute Gasteiger partial charge is 0.308 e. The fraction of sp³-hybridized carbons (Fsp3) is 0.333. The molecule has 0 saturated carbocycles. The zero-order valence-corrected chi connectivity index (χ0v) is 12.6. The zero-order chi connectivity index (χ0) is 15.1. The average molecular weight is 283 g/mol. The second-order valence-electron chi connectivity index (χ2n) is 5.21. The number of esters is 1. The van der Waals surface area contributed by atoms with E-state index in [9.17, 15) is 4.79 Å². The van der Waals surface area contributed by atoms with E-state index in [1.807, 2.05) is 26.1 Å². The molecule has 0 saturated heterocycles. The van der Waals surface area contributed by atoms with Crippen molar-refractivity contribution in [2.45, 2.75) is 26.7 Å². The Labute approximate surface area is 126 Å². The van der Waals surface area contributed by atoms with Gasteiger partial charge in [-0.15, -0.1) is 0 Å². The molecule has 0 radical (unpaired) electrons. The van der Waals surface area contributed by atoms with Gasteiger partial charge >= 0.3 is 5.97 Å². The van der Waals surface area contributed by atoms with E-state index in [2.05, 4.69) is 35.3 Å². The fourth-order valence-electron chi connectivity index (χ4n) is 2.25. The van der Waals surface area contributed by atoms with Gasteiger partial charge in [-0.05, 0) is 42.5 Å². The van der Waals surface area contributed by atoms with Crippen LogP contribution in [0.3, 0.4) is 0 Å². The van der Waals surface area contributed by atoms with Crippen LogP contribution in [-0.4, -0.2) is 17.6 Å². The van der Waals surface area contributed by atoms with Crippen LogP contribution < -0.4 is 0 Å². The minimum atomic E-state index is -0.128. The van der Waals surface area contributed by atoms with Crippen molar-refractivity contribution in [3.05, 3.63) is 65.5 Å². The first-order chi connectivity index (χ1) is 10.2. The number of carbonyl (C=O) groups excluding carboxylic acids is 1. The van der Waals surface area contributed by atoms with E-state index in [4.69, 9.17) is 4.74 Å². The lowest BCUT2D eigenvalue weighted by molar-refractivity contribution is -0.147. The summed E-state index contributed by atoms with van der Waals surface area (Å²) < 4.78 is 5.03. The monoisotopic (exact) mass is 283 g/mol. The number of hydrogen-bond acceptors (Lipinski definition) is 3. The Bertz CT molecular complexity index is 564. The highest BCUT2D eigenvalue weighted by Gasteiger charge is 2.14. The second-order valence-corrected chi connectivity index (χ2v) is 5.21. The van der Waals surface area contributed by atoms with Crippen molar-refractivity contribution in [2.24, 2.45) is 5.92 Å². The molecule has 1 atom stereocenters. The van der Waals surface area contributed by atoms with E-state index in [0.29, 0.717) is 13.0 Å². The Morgan fingerprint density at radius 1 is 1.14 bits per heavy atom. The molecule has 0 aliphatic heterocycles. The Morgan fingerprint density at radius 2 is 1.86 bits per heavy atom. The van der Waals surface area contributed by atoms with Crippen LogP contribution in [0.5, 0.6) is 0 Å². The third-order valence-electron chi connectivity index (χ3n) is 3.38. The van der Waals surface area contributed by atoms with E-state index in [-0.39, 0.29) is 11.9 Å². The van der Waals surface area contributed by atoms with Gasteiger partial charge in [-0.2, -0.15) is 0 Å². The van der Waals surface area contributed by atoms with E-state index < -0.39 is 0 Å². The third kappa shape index (κ3) is 4.71. The molecule has 0 amide bonds. The predicted octanol–water partition coefficient (Wildman–Crippen LogP) is 3.41. The van der Waals surface area contributed by atoms with Crippen LogP contribution in [0, 0.1) is 5.92 Å². The minimum absolute atomic E-state index is 0.103. The van der Waals surface area contributed by atoms with Crippen LogP contribution in [0.15, 0.2) is 48.8 Å². The van der Waals surface area contributed by atoms with Crippen molar-refractivity contribution in [1.82, 2.24) is 4.98 Å². The number of ether oxygens (including phenoxy) is 1. The number of benzene rings is 1. The quantitative estimate of drug-likeness (QED) is 0.763. The van der Waals surface area contributed by atoms with E-state index in [0.717, 1.165) is 12.0 Å². The van der Waals surface area contributed by atoms with Gasteiger partial charge in [-0.1, -0.05) is 37.3 Å². The molecule has 21 heavy (non-hydrogen) atoms. The van der Waals surface area contributed by atoms with Crippen LogP contribution in [0.1, 0.15) is 30.5 Å². The molecule has 110 valence electrons. The van der Waals surface area contributed by atoms with Gasteiger partial charge in [-0.25, -0.2) is 0 Å². The van der Waals surface area contributed by atoms with Gasteiger partial charge in [0.1, 0.15) is 0 Å². The number of nitrogens with zero attached hydrogens (tertiary/aromatic N) is 1. The van der Waals surface area contributed by atoms with Gasteiger partial charge in [-0.3, -0.25) is 9.78 Å². The molecule has 0 N–H and O–H groups in total. The maximum absolute atomic E-state index is 11.6. The van der Waals surface area contributed by atoms with Crippen LogP contribution in [0.2, 0.25) is 0 Å². The fourth-order valence-corrected chi connectivity index (χ4v) is 2.25. The van der Waals surface area contributed by atoms with Crippen LogP contribution in [-0.2, 0) is 22.4 Å². The summed E-state index contributed by atoms with van der Waals surface area (Å²) in [5.74, 6) is -0.231. The number of rotatable bonds is 6. The van der Waals surface area contributed by atoms with Gasteiger partial charge in [0.25, 0.3) is 0 Å². The average Bonchev–Trinajstić information content (AvgIpc) is 2.50. The predicted molar refractivity (Wildman–Crippen MR) is 83.0 cm³/mol. The topological polar surface area (TPSA) is 39.2 Å². The molecule has 1 aromatic heterocycles. The third-order valence-corrected chi connectivity index (χ3v) is 3.38. The molecular weight excluding hydrogens is 262 g/mol. The molecule has 2 rings (SSSR count). The molecular formula is C18H21NO2. The lowest BCUT2D eigenvalue weighted by Gasteiger charge is -2.11.